The number of amides is 1. The quantitative estimate of drug-likeness (QED) is 0.778. The van der Waals surface area contributed by atoms with Gasteiger partial charge in [0.2, 0.25) is 5.91 Å². The topological polar surface area (TPSA) is 44.4 Å². The highest BCUT2D eigenvalue weighted by atomic mass is 19.4. The fourth-order valence-corrected chi connectivity index (χ4v) is 2.58. The smallest absolute Gasteiger partial charge is 0.355 e. The van der Waals surface area contributed by atoms with Crippen LogP contribution in [0.25, 0.3) is 0 Å². The number of likely N-dealkylation sites (tertiary alicyclic amines) is 1. The first-order valence-corrected chi connectivity index (χ1v) is 7.07. The molecule has 1 aliphatic heterocycles. The molecule has 20 heavy (non-hydrogen) atoms. The number of hydrogen-bond donors (Lipinski definition) is 2. The van der Waals surface area contributed by atoms with Gasteiger partial charge in [-0.3, -0.25) is 9.69 Å². The molecule has 1 fully saturated rings. The molecule has 0 aromatic carbocycles. The van der Waals surface area contributed by atoms with E-state index in [9.17, 15) is 18.0 Å². The van der Waals surface area contributed by atoms with Crippen LogP contribution in [0.3, 0.4) is 0 Å². The molecule has 1 aliphatic rings. The molecule has 1 amide bonds. The number of nitrogens with one attached hydrogen (secondary N) is 2. The summed E-state index contributed by atoms with van der Waals surface area (Å²) in [6.45, 7) is 5.29. The second-order valence-corrected chi connectivity index (χ2v) is 5.45. The minimum absolute atomic E-state index is 0.0826. The maximum Gasteiger partial charge on any atom is 0.401 e. The monoisotopic (exact) mass is 295 g/mol. The van der Waals surface area contributed by atoms with E-state index in [1.807, 2.05) is 0 Å². The van der Waals surface area contributed by atoms with Crippen LogP contribution in [0.1, 0.15) is 26.7 Å². The summed E-state index contributed by atoms with van der Waals surface area (Å²) in [6, 6.07) is -0.132. The lowest BCUT2D eigenvalue weighted by molar-refractivity contribution is -0.127. The van der Waals surface area contributed by atoms with Crippen LogP contribution in [-0.2, 0) is 4.79 Å². The third kappa shape index (κ3) is 7.09. The molecular weight excluding hydrogens is 271 g/mol. The van der Waals surface area contributed by atoms with Crippen LogP contribution in [0.2, 0.25) is 0 Å². The van der Waals surface area contributed by atoms with E-state index in [4.69, 9.17) is 0 Å². The third-order valence-corrected chi connectivity index (χ3v) is 3.58. The van der Waals surface area contributed by atoms with E-state index >= 15 is 0 Å². The van der Waals surface area contributed by atoms with Gasteiger partial charge in [0, 0.05) is 39.1 Å². The van der Waals surface area contributed by atoms with Crippen LogP contribution in [-0.4, -0.2) is 55.7 Å². The molecule has 0 spiro atoms. The van der Waals surface area contributed by atoms with Crippen LogP contribution in [0.15, 0.2) is 0 Å². The molecule has 0 bridgehead atoms. The molecular formula is C13H24F3N3O. The zero-order valence-corrected chi connectivity index (χ0v) is 12.1. The fraction of sp³-hybridized carbons (Fsp3) is 0.923. The second kappa shape index (κ2) is 7.83. The fourth-order valence-electron chi connectivity index (χ4n) is 2.58. The van der Waals surface area contributed by atoms with Gasteiger partial charge in [0.15, 0.2) is 0 Å². The minimum atomic E-state index is -4.17. The van der Waals surface area contributed by atoms with Crippen LogP contribution in [0.5, 0.6) is 0 Å². The average molecular weight is 295 g/mol. The van der Waals surface area contributed by atoms with E-state index in [0.717, 1.165) is 19.4 Å². The standard InChI is InChI=1S/C13H24F3N3O/c1-3-11-6-12(18-9-13(14,15)16)8-19(7-11)5-4-17-10(2)20/h11-12,18H,3-9H2,1-2H3,(H,17,20). The lowest BCUT2D eigenvalue weighted by atomic mass is 9.92. The van der Waals surface area contributed by atoms with Gasteiger partial charge in [-0.1, -0.05) is 13.3 Å². The van der Waals surface area contributed by atoms with Crippen molar-refractivity contribution in [2.24, 2.45) is 5.92 Å². The van der Waals surface area contributed by atoms with Crippen LogP contribution in [0, 0.1) is 5.92 Å². The molecule has 1 rings (SSSR count). The summed E-state index contributed by atoms with van der Waals surface area (Å²) in [6.07, 6.45) is -2.43. The Morgan fingerprint density at radius 3 is 2.60 bits per heavy atom. The Balaban J connectivity index is 2.40. The predicted molar refractivity (Wildman–Crippen MR) is 71.4 cm³/mol. The highest BCUT2D eigenvalue weighted by Gasteiger charge is 2.31. The van der Waals surface area contributed by atoms with E-state index < -0.39 is 12.7 Å². The van der Waals surface area contributed by atoms with Crippen molar-refractivity contribution in [2.75, 3.05) is 32.7 Å². The van der Waals surface area contributed by atoms with Crippen molar-refractivity contribution < 1.29 is 18.0 Å². The number of halogens is 3. The van der Waals surface area contributed by atoms with Gasteiger partial charge in [0.05, 0.1) is 6.54 Å². The summed E-state index contributed by atoms with van der Waals surface area (Å²) in [4.78, 5) is 12.9. The molecule has 2 N–H and O–H groups in total. The summed E-state index contributed by atoms with van der Waals surface area (Å²) >= 11 is 0. The maximum absolute atomic E-state index is 12.3. The number of carbonyl (C=O) groups is 1. The number of rotatable bonds is 6. The Morgan fingerprint density at radius 2 is 2.05 bits per heavy atom. The number of nitrogens with zero attached hydrogens (tertiary/aromatic N) is 1. The Labute approximate surface area is 118 Å². The van der Waals surface area contributed by atoms with Crippen molar-refractivity contribution in [2.45, 2.75) is 38.9 Å². The lowest BCUT2D eigenvalue weighted by Crippen LogP contribution is -2.52. The first-order valence-electron chi connectivity index (χ1n) is 7.07. The molecule has 1 heterocycles. The Kier molecular flexibility index (Phi) is 6.75. The van der Waals surface area contributed by atoms with Crippen molar-refractivity contribution in [1.29, 1.82) is 0 Å². The Bertz CT molecular complexity index is 310. The van der Waals surface area contributed by atoms with Crippen molar-refractivity contribution in [1.82, 2.24) is 15.5 Å². The summed E-state index contributed by atoms with van der Waals surface area (Å²) in [7, 11) is 0. The molecule has 0 saturated carbocycles. The van der Waals surface area contributed by atoms with Crippen LogP contribution < -0.4 is 10.6 Å². The maximum atomic E-state index is 12.3. The summed E-state index contributed by atoms with van der Waals surface area (Å²) in [5, 5.41) is 5.32. The third-order valence-electron chi connectivity index (χ3n) is 3.58. The number of hydrogen-bond acceptors (Lipinski definition) is 3. The van der Waals surface area contributed by atoms with Gasteiger partial charge in [-0.25, -0.2) is 0 Å². The molecule has 2 unspecified atom stereocenters. The van der Waals surface area contributed by atoms with Gasteiger partial charge in [-0.05, 0) is 12.3 Å². The number of carbonyl (C=O) groups excluding carboxylic acids is 1. The molecule has 4 nitrogen and oxygen atoms in total. The lowest BCUT2D eigenvalue weighted by Gasteiger charge is -2.38. The number of piperidine rings is 1. The van der Waals surface area contributed by atoms with Gasteiger partial charge >= 0.3 is 6.18 Å². The van der Waals surface area contributed by atoms with Crippen molar-refractivity contribution in [3.63, 3.8) is 0 Å². The molecule has 0 aromatic heterocycles. The zero-order valence-electron chi connectivity index (χ0n) is 12.1. The number of alkyl halides is 3. The van der Waals surface area contributed by atoms with E-state index in [1.54, 1.807) is 0 Å². The van der Waals surface area contributed by atoms with Gasteiger partial charge < -0.3 is 10.6 Å². The van der Waals surface area contributed by atoms with E-state index in [2.05, 4.69) is 22.5 Å². The van der Waals surface area contributed by atoms with E-state index in [1.165, 1.54) is 6.92 Å². The van der Waals surface area contributed by atoms with E-state index in [-0.39, 0.29) is 11.9 Å². The van der Waals surface area contributed by atoms with Gasteiger partial charge in [0.1, 0.15) is 0 Å². The van der Waals surface area contributed by atoms with Gasteiger partial charge in [0.25, 0.3) is 0 Å². The summed E-state index contributed by atoms with van der Waals surface area (Å²) in [5.41, 5.74) is 0. The van der Waals surface area contributed by atoms with Crippen molar-refractivity contribution >= 4 is 5.91 Å². The normalized spacial score (nSPS) is 24.6. The van der Waals surface area contributed by atoms with Crippen LogP contribution in [0.4, 0.5) is 13.2 Å². The Morgan fingerprint density at radius 1 is 1.35 bits per heavy atom. The molecule has 0 aromatic rings. The Hall–Kier alpha value is -0.820. The van der Waals surface area contributed by atoms with Crippen molar-refractivity contribution in [3.05, 3.63) is 0 Å². The second-order valence-electron chi connectivity index (χ2n) is 5.45. The van der Waals surface area contributed by atoms with Gasteiger partial charge in [-0.15, -0.1) is 0 Å². The zero-order chi connectivity index (χ0) is 15.2. The average Bonchev–Trinajstić information content (AvgIpc) is 2.35. The molecule has 0 aliphatic carbocycles. The first-order chi connectivity index (χ1) is 9.30. The SMILES string of the molecule is CCC1CC(NCC(F)(F)F)CN(CCNC(C)=O)C1. The van der Waals surface area contributed by atoms with E-state index in [0.29, 0.717) is 25.6 Å². The molecule has 118 valence electrons. The highest BCUT2D eigenvalue weighted by molar-refractivity contribution is 5.72. The predicted octanol–water partition coefficient (Wildman–Crippen LogP) is 1.37. The van der Waals surface area contributed by atoms with Crippen molar-refractivity contribution in [3.8, 4) is 0 Å². The molecule has 2 atom stereocenters. The first kappa shape index (κ1) is 17.2. The van der Waals surface area contributed by atoms with Crippen LogP contribution >= 0.6 is 0 Å². The molecule has 0 radical (unpaired) electrons. The molecule has 7 heteroatoms. The van der Waals surface area contributed by atoms with Gasteiger partial charge in [-0.2, -0.15) is 13.2 Å². The largest absolute Gasteiger partial charge is 0.401 e. The highest BCUT2D eigenvalue weighted by Crippen LogP contribution is 2.21. The summed E-state index contributed by atoms with van der Waals surface area (Å²) in [5.74, 6) is 0.326. The summed E-state index contributed by atoms with van der Waals surface area (Å²) < 4.78 is 36.8. The minimum Gasteiger partial charge on any atom is -0.355 e. The molecule has 1 saturated heterocycles.